The molecule has 1 fully saturated rings. The molecule has 3 N–H and O–H groups in total. The highest BCUT2D eigenvalue weighted by Crippen LogP contribution is 2.33. The summed E-state index contributed by atoms with van der Waals surface area (Å²) in [5, 5.41) is 24.9. The zero-order valence-corrected chi connectivity index (χ0v) is 10.9. The first-order chi connectivity index (χ1) is 9.60. The molecule has 0 radical (unpaired) electrons. The van der Waals surface area contributed by atoms with Crippen LogP contribution in [-0.4, -0.2) is 28.7 Å². The van der Waals surface area contributed by atoms with Gasteiger partial charge in [-0.3, -0.25) is 10.1 Å². The summed E-state index contributed by atoms with van der Waals surface area (Å²) in [6, 6.07) is 5.26. The fourth-order valence-electron chi connectivity index (χ4n) is 2.07. The smallest absolute Gasteiger partial charge is 0.319 e. The number of urea groups is 1. The summed E-state index contributed by atoms with van der Waals surface area (Å²) in [4.78, 5) is 21.8. The summed E-state index contributed by atoms with van der Waals surface area (Å²) >= 11 is 0. The number of benzene rings is 1. The van der Waals surface area contributed by atoms with Crippen molar-refractivity contribution >= 4 is 17.4 Å². The quantitative estimate of drug-likeness (QED) is 0.546. The average molecular weight is 279 g/mol. The monoisotopic (exact) mass is 279 g/mol. The van der Waals surface area contributed by atoms with Gasteiger partial charge in [0.2, 0.25) is 0 Å². The number of hydrogen-bond acceptors (Lipinski definition) is 4. The maximum Gasteiger partial charge on any atom is 0.319 e. The number of aliphatic hydroxyl groups excluding tert-OH is 1. The van der Waals surface area contributed by atoms with Gasteiger partial charge >= 0.3 is 6.03 Å². The van der Waals surface area contributed by atoms with Gasteiger partial charge in [0.1, 0.15) is 0 Å². The van der Waals surface area contributed by atoms with Gasteiger partial charge in [0.15, 0.2) is 0 Å². The standard InChI is InChI=1S/C13H17N3O4/c17-8-7-12(9-1-2-9)15-13(18)14-10-3-5-11(6-4-10)16(19)20/h3-6,9,12,17H,1-2,7-8H2,(H2,14,15,18). The van der Waals surface area contributed by atoms with Crippen LogP contribution in [0.3, 0.4) is 0 Å². The van der Waals surface area contributed by atoms with Gasteiger partial charge in [-0.1, -0.05) is 0 Å². The van der Waals surface area contributed by atoms with E-state index >= 15 is 0 Å². The molecule has 1 saturated carbocycles. The van der Waals surface area contributed by atoms with Crippen molar-refractivity contribution < 1.29 is 14.8 Å². The molecule has 0 bridgehead atoms. The average Bonchev–Trinajstić information content (AvgIpc) is 3.23. The molecule has 0 aliphatic heterocycles. The molecule has 0 saturated heterocycles. The second-order valence-electron chi connectivity index (χ2n) is 4.86. The van der Waals surface area contributed by atoms with Crippen LogP contribution in [-0.2, 0) is 0 Å². The Morgan fingerprint density at radius 3 is 2.55 bits per heavy atom. The SMILES string of the molecule is O=C(Nc1ccc([N+](=O)[O-])cc1)NC(CCO)C1CC1. The lowest BCUT2D eigenvalue weighted by Gasteiger charge is -2.17. The van der Waals surface area contributed by atoms with Crippen LogP contribution in [0.15, 0.2) is 24.3 Å². The Hall–Kier alpha value is -2.15. The third kappa shape index (κ3) is 3.92. The minimum atomic E-state index is -0.492. The van der Waals surface area contributed by atoms with Gasteiger partial charge in [-0.25, -0.2) is 4.79 Å². The predicted octanol–water partition coefficient (Wildman–Crippen LogP) is 1.88. The van der Waals surface area contributed by atoms with Crippen LogP contribution in [0, 0.1) is 16.0 Å². The highest BCUT2D eigenvalue weighted by molar-refractivity contribution is 5.89. The van der Waals surface area contributed by atoms with Gasteiger partial charge in [0, 0.05) is 30.5 Å². The van der Waals surface area contributed by atoms with E-state index in [0.29, 0.717) is 18.0 Å². The van der Waals surface area contributed by atoms with Crippen LogP contribution in [0.4, 0.5) is 16.2 Å². The summed E-state index contributed by atoms with van der Waals surface area (Å²) in [5.74, 6) is 0.449. The molecule has 0 spiro atoms. The first-order valence-corrected chi connectivity index (χ1v) is 6.53. The van der Waals surface area contributed by atoms with Crippen LogP contribution in [0.1, 0.15) is 19.3 Å². The van der Waals surface area contributed by atoms with E-state index in [2.05, 4.69) is 10.6 Å². The van der Waals surface area contributed by atoms with E-state index in [1.807, 2.05) is 0 Å². The van der Waals surface area contributed by atoms with Gasteiger partial charge < -0.3 is 15.7 Å². The van der Waals surface area contributed by atoms with Crippen molar-refractivity contribution in [3.8, 4) is 0 Å². The number of non-ortho nitro benzene ring substituents is 1. The van der Waals surface area contributed by atoms with Crippen molar-refractivity contribution in [1.29, 1.82) is 0 Å². The van der Waals surface area contributed by atoms with E-state index < -0.39 is 4.92 Å². The summed E-state index contributed by atoms with van der Waals surface area (Å²) < 4.78 is 0. The lowest BCUT2D eigenvalue weighted by atomic mass is 10.1. The van der Waals surface area contributed by atoms with Crippen LogP contribution in [0.25, 0.3) is 0 Å². The molecule has 1 aromatic carbocycles. The number of nitrogens with zero attached hydrogens (tertiary/aromatic N) is 1. The third-order valence-corrected chi connectivity index (χ3v) is 3.28. The molecule has 2 amide bonds. The zero-order chi connectivity index (χ0) is 14.5. The number of rotatable bonds is 6. The fourth-order valence-corrected chi connectivity index (χ4v) is 2.07. The first kappa shape index (κ1) is 14.3. The Bertz CT molecular complexity index is 485. The zero-order valence-electron chi connectivity index (χ0n) is 10.9. The van der Waals surface area contributed by atoms with Gasteiger partial charge in [0.05, 0.1) is 4.92 Å². The summed E-state index contributed by atoms with van der Waals surface area (Å²) in [5.41, 5.74) is 0.471. The van der Waals surface area contributed by atoms with Crippen molar-refractivity contribution in [2.45, 2.75) is 25.3 Å². The Morgan fingerprint density at radius 1 is 1.40 bits per heavy atom. The fraction of sp³-hybridized carbons (Fsp3) is 0.462. The molecule has 7 nitrogen and oxygen atoms in total. The minimum absolute atomic E-state index is 0.0157. The highest BCUT2D eigenvalue weighted by Gasteiger charge is 2.31. The maximum absolute atomic E-state index is 11.8. The largest absolute Gasteiger partial charge is 0.396 e. The van der Waals surface area contributed by atoms with Gasteiger partial charge in [0.25, 0.3) is 5.69 Å². The Kier molecular flexibility index (Phi) is 4.52. The van der Waals surface area contributed by atoms with E-state index in [0.717, 1.165) is 12.8 Å². The summed E-state index contributed by atoms with van der Waals surface area (Å²) in [6.45, 7) is 0.0407. The number of amides is 2. The van der Waals surface area contributed by atoms with Crippen molar-refractivity contribution in [3.63, 3.8) is 0 Å². The van der Waals surface area contributed by atoms with E-state index in [1.54, 1.807) is 0 Å². The normalized spacial score (nSPS) is 15.4. The van der Waals surface area contributed by atoms with Gasteiger partial charge in [-0.05, 0) is 37.3 Å². The number of hydrogen-bond donors (Lipinski definition) is 3. The molecule has 0 heterocycles. The number of nitro groups is 1. The van der Waals surface area contributed by atoms with Crippen molar-refractivity contribution in [2.24, 2.45) is 5.92 Å². The highest BCUT2D eigenvalue weighted by atomic mass is 16.6. The Labute approximate surface area is 116 Å². The topological polar surface area (TPSA) is 104 Å². The molecule has 1 unspecified atom stereocenters. The second kappa shape index (κ2) is 6.33. The van der Waals surface area contributed by atoms with Crippen LogP contribution in [0.2, 0.25) is 0 Å². The number of nitrogens with one attached hydrogen (secondary N) is 2. The minimum Gasteiger partial charge on any atom is -0.396 e. The van der Waals surface area contributed by atoms with Gasteiger partial charge in [-0.15, -0.1) is 0 Å². The Balaban J connectivity index is 1.88. The molecule has 7 heteroatoms. The van der Waals surface area contributed by atoms with Crippen molar-refractivity contribution in [1.82, 2.24) is 5.32 Å². The first-order valence-electron chi connectivity index (χ1n) is 6.53. The summed E-state index contributed by atoms with van der Waals surface area (Å²) in [7, 11) is 0. The third-order valence-electron chi connectivity index (χ3n) is 3.28. The number of carbonyl (C=O) groups excluding carboxylic acids is 1. The van der Waals surface area contributed by atoms with Crippen LogP contribution >= 0.6 is 0 Å². The molecule has 108 valence electrons. The van der Waals surface area contributed by atoms with E-state index in [4.69, 9.17) is 5.11 Å². The number of anilines is 1. The maximum atomic E-state index is 11.8. The molecule has 0 aromatic heterocycles. The Morgan fingerprint density at radius 2 is 2.05 bits per heavy atom. The van der Waals surface area contributed by atoms with Crippen molar-refractivity contribution in [3.05, 3.63) is 34.4 Å². The molecule has 1 atom stereocenters. The molecular weight excluding hydrogens is 262 g/mol. The summed E-state index contributed by atoms with van der Waals surface area (Å²) in [6.07, 6.45) is 2.68. The van der Waals surface area contributed by atoms with Crippen LogP contribution in [0.5, 0.6) is 0 Å². The second-order valence-corrected chi connectivity index (χ2v) is 4.86. The number of carbonyl (C=O) groups is 1. The lowest BCUT2D eigenvalue weighted by Crippen LogP contribution is -2.39. The molecule has 1 aliphatic carbocycles. The lowest BCUT2D eigenvalue weighted by molar-refractivity contribution is -0.384. The number of aliphatic hydroxyl groups is 1. The predicted molar refractivity (Wildman–Crippen MR) is 73.5 cm³/mol. The van der Waals surface area contributed by atoms with E-state index in [-0.39, 0.29) is 24.4 Å². The molecule has 1 aromatic rings. The van der Waals surface area contributed by atoms with E-state index in [9.17, 15) is 14.9 Å². The molecular formula is C13H17N3O4. The van der Waals surface area contributed by atoms with Crippen molar-refractivity contribution in [2.75, 3.05) is 11.9 Å². The van der Waals surface area contributed by atoms with Gasteiger partial charge in [-0.2, -0.15) is 0 Å². The molecule has 20 heavy (non-hydrogen) atoms. The van der Waals surface area contributed by atoms with E-state index in [1.165, 1.54) is 24.3 Å². The molecule has 1 aliphatic rings. The van der Waals surface area contributed by atoms with Crippen LogP contribution < -0.4 is 10.6 Å². The number of nitro benzene ring substituents is 1. The molecule has 2 rings (SSSR count).